The highest BCUT2D eigenvalue weighted by Gasteiger charge is 2.12. The first-order valence-electron chi connectivity index (χ1n) is 6.52. The van der Waals surface area contributed by atoms with E-state index < -0.39 is 0 Å². The molecule has 0 aromatic carbocycles. The van der Waals surface area contributed by atoms with Crippen LogP contribution in [-0.4, -0.2) is 34.8 Å². The number of nitrogens with one attached hydrogen (secondary N) is 1. The third-order valence-corrected chi connectivity index (χ3v) is 2.69. The van der Waals surface area contributed by atoms with Gasteiger partial charge in [0.1, 0.15) is 5.82 Å². The molecular weight excluding hydrogens is 214 g/mol. The van der Waals surface area contributed by atoms with Gasteiger partial charge in [-0.25, -0.2) is 4.98 Å². The van der Waals surface area contributed by atoms with Crippen LogP contribution in [-0.2, 0) is 17.7 Å². The van der Waals surface area contributed by atoms with Crippen molar-refractivity contribution >= 4 is 0 Å². The molecule has 1 rings (SSSR count). The largest absolute Gasteiger partial charge is 0.377 e. The average Bonchev–Trinajstić information content (AvgIpc) is 2.73. The quantitative estimate of drug-likeness (QED) is 0.752. The van der Waals surface area contributed by atoms with Crippen LogP contribution in [0.1, 0.15) is 33.5 Å². The van der Waals surface area contributed by atoms with Gasteiger partial charge in [-0.2, -0.15) is 0 Å². The zero-order valence-electron chi connectivity index (χ0n) is 11.4. The van der Waals surface area contributed by atoms with Crippen LogP contribution in [0.15, 0.2) is 12.4 Å². The molecule has 1 unspecified atom stereocenters. The van der Waals surface area contributed by atoms with Crippen LogP contribution in [0, 0.1) is 0 Å². The Hall–Kier alpha value is -0.870. The molecule has 1 aromatic rings. The predicted octanol–water partition coefficient (Wildman–Crippen LogP) is 1.85. The molecule has 0 bridgehead atoms. The first kappa shape index (κ1) is 14.2. The van der Waals surface area contributed by atoms with Gasteiger partial charge in [-0.15, -0.1) is 0 Å². The van der Waals surface area contributed by atoms with Gasteiger partial charge in [-0.1, -0.05) is 6.92 Å². The molecule has 1 aromatic heterocycles. The number of rotatable bonds is 8. The fourth-order valence-corrected chi connectivity index (χ4v) is 1.83. The maximum absolute atomic E-state index is 5.68. The summed E-state index contributed by atoms with van der Waals surface area (Å²) < 4.78 is 7.86. The van der Waals surface area contributed by atoms with Crippen molar-refractivity contribution in [1.82, 2.24) is 14.9 Å². The normalized spacial score (nSPS) is 13.2. The number of hydrogen-bond donors (Lipinski definition) is 1. The van der Waals surface area contributed by atoms with Crippen LogP contribution in [0.3, 0.4) is 0 Å². The van der Waals surface area contributed by atoms with Crippen molar-refractivity contribution in [2.24, 2.45) is 0 Å². The van der Waals surface area contributed by atoms with Crippen LogP contribution in [0.5, 0.6) is 0 Å². The van der Waals surface area contributed by atoms with Gasteiger partial charge in [-0.3, -0.25) is 0 Å². The topological polar surface area (TPSA) is 39.1 Å². The lowest BCUT2D eigenvalue weighted by Gasteiger charge is -2.19. The minimum absolute atomic E-state index is 0.280. The van der Waals surface area contributed by atoms with Gasteiger partial charge in [0, 0.05) is 31.4 Å². The molecule has 0 spiro atoms. The zero-order valence-corrected chi connectivity index (χ0v) is 11.4. The number of aryl methyl sites for hydroxylation is 1. The molecular formula is C13H25N3O. The van der Waals surface area contributed by atoms with E-state index in [2.05, 4.69) is 42.6 Å². The van der Waals surface area contributed by atoms with E-state index in [-0.39, 0.29) is 6.10 Å². The van der Waals surface area contributed by atoms with Gasteiger partial charge in [0.2, 0.25) is 0 Å². The lowest BCUT2D eigenvalue weighted by molar-refractivity contribution is 0.0610. The first-order valence-corrected chi connectivity index (χ1v) is 6.52. The van der Waals surface area contributed by atoms with Crippen molar-refractivity contribution in [2.45, 2.75) is 52.8 Å². The van der Waals surface area contributed by atoms with Crippen LogP contribution in [0.2, 0.25) is 0 Å². The minimum atomic E-state index is 0.280. The van der Waals surface area contributed by atoms with Crippen molar-refractivity contribution in [3.05, 3.63) is 18.2 Å². The standard InChI is InChI=1S/C13H25N3O/c1-5-14-12(10-17-11(3)4)9-13-15-7-8-16(13)6-2/h7-8,11-12,14H,5-6,9-10H2,1-4H3. The highest BCUT2D eigenvalue weighted by Crippen LogP contribution is 2.03. The monoisotopic (exact) mass is 239 g/mol. The van der Waals surface area contributed by atoms with Gasteiger partial charge in [-0.05, 0) is 27.3 Å². The Morgan fingerprint density at radius 1 is 1.41 bits per heavy atom. The van der Waals surface area contributed by atoms with Crippen LogP contribution in [0.4, 0.5) is 0 Å². The summed E-state index contributed by atoms with van der Waals surface area (Å²) in [5.74, 6) is 1.13. The molecule has 4 heteroatoms. The Bertz CT molecular complexity index is 309. The number of likely N-dealkylation sites (N-methyl/N-ethyl adjacent to an activating group) is 1. The number of nitrogens with zero attached hydrogens (tertiary/aromatic N) is 2. The van der Waals surface area contributed by atoms with Crippen molar-refractivity contribution < 1.29 is 4.74 Å². The van der Waals surface area contributed by atoms with E-state index in [0.717, 1.165) is 31.9 Å². The minimum Gasteiger partial charge on any atom is -0.377 e. The Morgan fingerprint density at radius 2 is 2.18 bits per heavy atom. The maximum Gasteiger partial charge on any atom is 0.110 e. The molecule has 0 aliphatic carbocycles. The number of hydrogen-bond acceptors (Lipinski definition) is 3. The van der Waals surface area contributed by atoms with Crippen LogP contribution < -0.4 is 5.32 Å². The van der Waals surface area contributed by atoms with Gasteiger partial charge >= 0.3 is 0 Å². The smallest absolute Gasteiger partial charge is 0.110 e. The van der Waals surface area contributed by atoms with E-state index in [1.807, 2.05) is 12.4 Å². The third-order valence-electron chi connectivity index (χ3n) is 2.69. The van der Waals surface area contributed by atoms with Gasteiger partial charge < -0.3 is 14.6 Å². The summed E-state index contributed by atoms with van der Waals surface area (Å²) in [6, 6.07) is 0.343. The van der Waals surface area contributed by atoms with Crippen LogP contribution in [0.25, 0.3) is 0 Å². The van der Waals surface area contributed by atoms with Crippen molar-refractivity contribution in [3.63, 3.8) is 0 Å². The molecule has 0 aliphatic heterocycles. The fraction of sp³-hybridized carbons (Fsp3) is 0.769. The van der Waals surface area contributed by atoms with E-state index in [1.165, 1.54) is 0 Å². The summed E-state index contributed by atoms with van der Waals surface area (Å²) in [5, 5.41) is 3.45. The summed E-state index contributed by atoms with van der Waals surface area (Å²) in [6.45, 7) is 11.1. The average molecular weight is 239 g/mol. The fourth-order valence-electron chi connectivity index (χ4n) is 1.83. The van der Waals surface area contributed by atoms with Gasteiger partial charge in [0.25, 0.3) is 0 Å². The molecule has 1 N–H and O–H groups in total. The number of imidazole rings is 1. The Morgan fingerprint density at radius 3 is 2.76 bits per heavy atom. The molecule has 1 heterocycles. The van der Waals surface area contributed by atoms with E-state index >= 15 is 0 Å². The Labute approximate surface area is 104 Å². The summed E-state index contributed by atoms with van der Waals surface area (Å²) >= 11 is 0. The van der Waals surface area contributed by atoms with Crippen molar-refractivity contribution in [2.75, 3.05) is 13.2 Å². The summed E-state index contributed by atoms with van der Waals surface area (Å²) in [5.41, 5.74) is 0. The molecule has 0 radical (unpaired) electrons. The predicted molar refractivity (Wildman–Crippen MR) is 70.2 cm³/mol. The molecule has 0 saturated heterocycles. The molecule has 0 fully saturated rings. The second-order valence-corrected chi connectivity index (χ2v) is 4.47. The Kier molecular flexibility index (Phi) is 6.22. The second-order valence-electron chi connectivity index (χ2n) is 4.47. The molecule has 0 amide bonds. The van der Waals surface area contributed by atoms with Crippen LogP contribution >= 0.6 is 0 Å². The van der Waals surface area contributed by atoms with Gasteiger partial charge in [0.15, 0.2) is 0 Å². The van der Waals surface area contributed by atoms with E-state index in [1.54, 1.807) is 0 Å². The molecule has 4 nitrogen and oxygen atoms in total. The number of ether oxygens (including phenoxy) is 1. The Balaban J connectivity index is 2.53. The van der Waals surface area contributed by atoms with E-state index in [9.17, 15) is 0 Å². The summed E-state index contributed by atoms with van der Waals surface area (Å²) in [7, 11) is 0. The van der Waals surface area contributed by atoms with Crippen molar-refractivity contribution in [1.29, 1.82) is 0 Å². The lowest BCUT2D eigenvalue weighted by Crippen LogP contribution is -2.37. The maximum atomic E-state index is 5.68. The molecule has 0 aliphatic rings. The first-order chi connectivity index (χ1) is 8.17. The highest BCUT2D eigenvalue weighted by atomic mass is 16.5. The second kappa shape index (κ2) is 7.45. The van der Waals surface area contributed by atoms with E-state index in [0.29, 0.717) is 6.04 Å². The van der Waals surface area contributed by atoms with Gasteiger partial charge in [0.05, 0.1) is 12.7 Å². The zero-order chi connectivity index (χ0) is 12.7. The van der Waals surface area contributed by atoms with Crippen molar-refractivity contribution in [3.8, 4) is 0 Å². The number of aromatic nitrogens is 2. The highest BCUT2D eigenvalue weighted by molar-refractivity contribution is 4.95. The third kappa shape index (κ3) is 4.88. The summed E-state index contributed by atoms with van der Waals surface area (Å²) in [6.07, 6.45) is 5.09. The molecule has 1 atom stereocenters. The van der Waals surface area contributed by atoms with E-state index in [4.69, 9.17) is 4.74 Å². The summed E-state index contributed by atoms with van der Waals surface area (Å²) in [4.78, 5) is 4.40. The molecule has 17 heavy (non-hydrogen) atoms. The lowest BCUT2D eigenvalue weighted by atomic mass is 10.2. The SMILES string of the molecule is CCNC(COC(C)C)Cc1nccn1CC. The molecule has 98 valence electrons. The molecule has 0 saturated carbocycles.